The van der Waals surface area contributed by atoms with Crippen molar-refractivity contribution in [3.8, 4) is 11.5 Å². The molecule has 0 heterocycles. The smallest absolute Gasteiger partial charge is 0.264 e. The quantitative estimate of drug-likeness (QED) is 0.318. The van der Waals surface area contributed by atoms with Crippen LogP contribution in [-0.2, 0) is 26.2 Å². The Balaban J connectivity index is 2.09. The average Bonchev–Trinajstić information content (AvgIpc) is 2.94. The summed E-state index contributed by atoms with van der Waals surface area (Å²) in [6.07, 6.45) is 0. The highest BCUT2D eigenvalue weighted by atomic mass is 32.2. The molecule has 0 spiro atoms. The number of hydrogen-bond acceptors (Lipinski definition) is 6. The van der Waals surface area contributed by atoms with Gasteiger partial charge in [0.1, 0.15) is 24.1 Å². The average molecular weight is 582 g/mol. The summed E-state index contributed by atoms with van der Waals surface area (Å²) in [5.41, 5.74) is 1.85. The minimum absolute atomic E-state index is 0.0344. The van der Waals surface area contributed by atoms with Crippen LogP contribution in [0.15, 0.2) is 77.7 Å². The molecular weight excluding hydrogens is 542 g/mol. The number of rotatable bonds is 13. The lowest BCUT2D eigenvalue weighted by atomic mass is 10.1. The molecule has 3 aromatic rings. The maximum absolute atomic E-state index is 14.1. The van der Waals surface area contributed by atoms with Crippen LogP contribution in [-0.4, -0.2) is 57.5 Å². The molecule has 10 heteroatoms. The summed E-state index contributed by atoms with van der Waals surface area (Å²) in [5.74, 6) is 0.0203. The predicted octanol–water partition coefficient (Wildman–Crippen LogP) is 4.54. The van der Waals surface area contributed by atoms with Gasteiger partial charge in [0.05, 0.1) is 24.3 Å². The monoisotopic (exact) mass is 581 g/mol. The van der Waals surface area contributed by atoms with Crippen LogP contribution in [0.5, 0.6) is 11.5 Å². The van der Waals surface area contributed by atoms with E-state index < -0.39 is 28.5 Å². The summed E-state index contributed by atoms with van der Waals surface area (Å²) in [5, 5.41) is 2.85. The van der Waals surface area contributed by atoms with Gasteiger partial charge in [0.25, 0.3) is 10.0 Å². The molecule has 41 heavy (non-hydrogen) atoms. The largest absolute Gasteiger partial charge is 0.497 e. The molecule has 0 saturated carbocycles. The Kier molecular flexibility index (Phi) is 10.8. The SMILES string of the molecule is CCOc1ccccc1N(CC(=O)N(Cc1cccc(OC)c1)[C@H](C)C(=O)NC(C)C)S(=O)(=O)c1ccc(C)cc1. The van der Waals surface area contributed by atoms with Crippen LogP contribution >= 0.6 is 0 Å². The maximum Gasteiger partial charge on any atom is 0.264 e. The summed E-state index contributed by atoms with van der Waals surface area (Å²) in [7, 11) is -2.66. The van der Waals surface area contributed by atoms with E-state index in [4.69, 9.17) is 9.47 Å². The molecule has 220 valence electrons. The van der Waals surface area contributed by atoms with Gasteiger partial charge in [-0.3, -0.25) is 13.9 Å². The van der Waals surface area contributed by atoms with E-state index >= 15 is 0 Å². The number of hydrogen-bond donors (Lipinski definition) is 1. The normalized spacial score (nSPS) is 12.0. The summed E-state index contributed by atoms with van der Waals surface area (Å²) in [4.78, 5) is 28.6. The number of ether oxygens (including phenoxy) is 2. The van der Waals surface area contributed by atoms with Gasteiger partial charge in [-0.2, -0.15) is 0 Å². The second-order valence-electron chi connectivity index (χ2n) is 9.94. The minimum Gasteiger partial charge on any atom is -0.497 e. The molecule has 3 rings (SSSR count). The van der Waals surface area contributed by atoms with E-state index in [0.717, 1.165) is 15.4 Å². The number of para-hydroxylation sites is 2. The number of carbonyl (C=O) groups excluding carboxylic acids is 2. The van der Waals surface area contributed by atoms with Gasteiger partial charge >= 0.3 is 0 Å². The first-order valence-corrected chi connectivity index (χ1v) is 15.0. The third kappa shape index (κ3) is 8.00. The molecule has 0 unspecified atom stereocenters. The van der Waals surface area contributed by atoms with E-state index in [-0.39, 0.29) is 29.1 Å². The second kappa shape index (κ2) is 14.0. The van der Waals surface area contributed by atoms with Crippen molar-refractivity contribution in [2.24, 2.45) is 0 Å². The van der Waals surface area contributed by atoms with Crippen LogP contribution in [0.4, 0.5) is 5.69 Å². The molecule has 1 atom stereocenters. The van der Waals surface area contributed by atoms with Crippen molar-refractivity contribution < 1.29 is 27.5 Å². The lowest BCUT2D eigenvalue weighted by Crippen LogP contribution is -2.52. The van der Waals surface area contributed by atoms with E-state index in [2.05, 4.69) is 5.32 Å². The standard InChI is InChI=1S/C31H39N3O6S/c1-7-40-29-14-9-8-13-28(29)34(41(37,38)27-17-15-23(4)16-18-27)21-30(35)33(24(5)31(36)32-22(2)3)20-25-11-10-12-26(19-25)39-6/h8-19,22,24H,7,20-21H2,1-6H3,(H,32,36)/t24-/m1/s1. The van der Waals surface area contributed by atoms with Crippen molar-refractivity contribution in [2.75, 3.05) is 24.6 Å². The molecular formula is C31H39N3O6S. The zero-order chi connectivity index (χ0) is 30.2. The Labute approximate surface area is 243 Å². The summed E-state index contributed by atoms with van der Waals surface area (Å²) >= 11 is 0. The summed E-state index contributed by atoms with van der Waals surface area (Å²) in [6.45, 7) is 8.77. The first-order valence-electron chi connectivity index (χ1n) is 13.5. The first kappa shape index (κ1) is 31.5. The molecule has 3 aromatic carbocycles. The van der Waals surface area contributed by atoms with Crippen molar-refractivity contribution in [2.45, 2.75) is 58.1 Å². The topological polar surface area (TPSA) is 105 Å². The van der Waals surface area contributed by atoms with Crippen LogP contribution in [0.25, 0.3) is 0 Å². The zero-order valence-electron chi connectivity index (χ0n) is 24.5. The Bertz CT molecular complexity index is 1440. The molecule has 9 nitrogen and oxygen atoms in total. The number of nitrogens with zero attached hydrogens (tertiary/aromatic N) is 2. The van der Waals surface area contributed by atoms with Gasteiger partial charge in [0.15, 0.2) is 0 Å². The lowest BCUT2D eigenvalue weighted by molar-refractivity contribution is -0.139. The third-order valence-corrected chi connectivity index (χ3v) is 8.18. The Morgan fingerprint density at radius 2 is 1.63 bits per heavy atom. The third-order valence-electron chi connectivity index (χ3n) is 6.41. The number of anilines is 1. The van der Waals surface area contributed by atoms with Crippen molar-refractivity contribution in [1.29, 1.82) is 0 Å². The molecule has 0 radical (unpaired) electrons. The van der Waals surface area contributed by atoms with Gasteiger partial charge < -0.3 is 19.7 Å². The predicted molar refractivity (Wildman–Crippen MR) is 160 cm³/mol. The van der Waals surface area contributed by atoms with Crippen LogP contribution in [0.2, 0.25) is 0 Å². The fourth-order valence-electron chi connectivity index (χ4n) is 4.25. The molecule has 0 aliphatic heterocycles. The Hall–Kier alpha value is -4.05. The van der Waals surface area contributed by atoms with Gasteiger partial charge in [-0.25, -0.2) is 8.42 Å². The van der Waals surface area contributed by atoms with Crippen molar-refractivity contribution in [3.05, 3.63) is 83.9 Å². The molecule has 1 N–H and O–H groups in total. The molecule has 0 aliphatic carbocycles. The van der Waals surface area contributed by atoms with E-state index in [1.807, 2.05) is 26.8 Å². The van der Waals surface area contributed by atoms with E-state index in [9.17, 15) is 18.0 Å². The fourth-order valence-corrected chi connectivity index (χ4v) is 5.67. The highest BCUT2D eigenvalue weighted by Gasteiger charge is 2.34. The van der Waals surface area contributed by atoms with Gasteiger partial charge in [0.2, 0.25) is 11.8 Å². The van der Waals surface area contributed by atoms with Crippen LogP contribution in [0.1, 0.15) is 38.8 Å². The molecule has 0 bridgehead atoms. The van der Waals surface area contributed by atoms with Gasteiger partial charge in [-0.05, 0) is 76.6 Å². The highest BCUT2D eigenvalue weighted by molar-refractivity contribution is 7.92. The number of methoxy groups -OCH3 is 1. The molecule has 0 aromatic heterocycles. The van der Waals surface area contributed by atoms with Crippen molar-refractivity contribution >= 4 is 27.5 Å². The number of sulfonamides is 1. The number of amides is 2. The number of carbonyl (C=O) groups is 2. The van der Waals surface area contributed by atoms with E-state index in [1.54, 1.807) is 75.6 Å². The van der Waals surface area contributed by atoms with Gasteiger partial charge in [0, 0.05) is 12.6 Å². The second-order valence-corrected chi connectivity index (χ2v) is 11.8. The van der Waals surface area contributed by atoms with Crippen molar-refractivity contribution in [3.63, 3.8) is 0 Å². The molecule has 2 amide bonds. The number of aryl methyl sites for hydroxylation is 1. The lowest BCUT2D eigenvalue weighted by Gasteiger charge is -2.32. The van der Waals surface area contributed by atoms with E-state index in [0.29, 0.717) is 18.1 Å². The Morgan fingerprint density at radius 3 is 2.27 bits per heavy atom. The van der Waals surface area contributed by atoms with Crippen molar-refractivity contribution in [1.82, 2.24) is 10.2 Å². The number of nitrogens with one attached hydrogen (secondary N) is 1. The van der Waals surface area contributed by atoms with E-state index in [1.165, 1.54) is 17.0 Å². The zero-order valence-corrected chi connectivity index (χ0v) is 25.3. The summed E-state index contributed by atoms with van der Waals surface area (Å²) < 4.78 is 40.2. The van der Waals surface area contributed by atoms with Gasteiger partial charge in [-0.15, -0.1) is 0 Å². The fraction of sp³-hybridized carbons (Fsp3) is 0.355. The number of benzene rings is 3. The summed E-state index contributed by atoms with van der Waals surface area (Å²) in [6, 6.07) is 19.3. The maximum atomic E-state index is 14.1. The molecule has 0 saturated heterocycles. The molecule has 0 aliphatic rings. The van der Waals surface area contributed by atoms with Crippen LogP contribution in [0.3, 0.4) is 0 Å². The molecule has 0 fully saturated rings. The highest BCUT2D eigenvalue weighted by Crippen LogP contribution is 2.33. The minimum atomic E-state index is -4.20. The Morgan fingerprint density at radius 1 is 0.951 bits per heavy atom. The van der Waals surface area contributed by atoms with Gasteiger partial charge in [-0.1, -0.05) is 42.0 Å². The first-order chi connectivity index (χ1) is 19.5. The van der Waals surface area contributed by atoms with Crippen LogP contribution in [0, 0.1) is 6.92 Å². The van der Waals surface area contributed by atoms with Crippen LogP contribution < -0.4 is 19.1 Å².